The summed E-state index contributed by atoms with van der Waals surface area (Å²) < 4.78 is 5.07. The number of hydrogen-bond donors (Lipinski definition) is 2. The number of nitrogens with zero attached hydrogens (tertiary/aromatic N) is 2. The molecule has 0 aliphatic rings. The first-order chi connectivity index (χ1) is 15.1. The number of ether oxygens (including phenoxy) is 1. The maximum Gasteiger partial charge on any atom is 0.251 e. The Morgan fingerprint density at radius 1 is 1.23 bits per heavy atom. The first-order valence-electron chi connectivity index (χ1n) is 9.67. The fourth-order valence-electron chi connectivity index (χ4n) is 3.39. The van der Waals surface area contributed by atoms with E-state index in [4.69, 9.17) is 16.3 Å². The Bertz CT molecular complexity index is 1290. The largest absolute Gasteiger partial charge is 0.481 e. The second-order valence-corrected chi connectivity index (χ2v) is 7.39. The number of aromatic nitrogens is 2. The summed E-state index contributed by atoms with van der Waals surface area (Å²) in [6.07, 6.45) is 4.03. The Morgan fingerprint density at radius 2 is 2.10 bits per heavy atom. The van der Waals surface area contributed by atoms with Gasteiger partial charge in [0.05, 0.1) is 12.7 Å². The standard InChI is InChI=1S/C24H19ClN4O2/c1-31-23-7-4-17(13-29-23)19-5-3-16(11-21(19)25)24(30)27-9-8-15-2-6-22-20(10-15)18(12-26)14-28-22/h2-7,10-11,13-14,28H,8-9H2,1H3,(H,27,30). The molecule has 0 saturated heterocycles. The van der Waals surface area contributed by atoms with E-state index in [0.29, 0.717) is 35.0 Å². The minimum absolute atomic E-state index is 0.193. The highest BCUT2D eigenvalue weighted by atomic mass is 35.5. The number of nitrogens with one attached hydrogen (secondary N) is 2. The molecule has 0 aliphatic heterocycles. The van der Waals surface area contributed by atoms with E-state index in [2.05, 4.69) is 21.4 Å². The number of aromatic amines is 1. The molecule has 0 saturated carbocycles. The van der Waals surface area contributed by atoms with Crippen LogP contribution in [0.2, 0.25) is 5.02 Å². The average Bonchev–Trinajstić information content (AvgIpc) is 3.21. The average molecular weight is 431 g/mol. The third-order valence-electron chi connectivity index (χ3n) is 5.05. The summed E-state index contributed by atoms with van der Waals surface area (Å²) in [5.74, 6) is 0.331. The molecule has 0 bridgehead atoms. The van der Waals surface area contributed by atoms with Crippen LogP contribution in [0.25, 0.3) is 22.0 Å². The van der Waals surface area contributed by atoms with Gasteiger partial charge in [-0.25, -0.2) is 4.98 Å². The summed E-state index contributed by atoms with van der Waals surface area (Å²) in [4.78, 5) is 19.8. The number of methoxy groups -OCH3 is 1. The molecule has 4 rings (SSSR count). The van der Waals surface area contributed by atoms with Gasteiger partial charge in [-0.2, -0.15) is 5.26 Å². The Balaban J connectivity index is 1.40. The third-order valence-corrected chi connectivity index (χ3v) is 5.37. The van der Waals surface area contributed by atoms with E-state index >= 15 is 0 Å². The first kappa shape index (κ1) is 20.5. The molecule has 0 unspecified atom stereocenters. The Morgan fingerprint density at radius 3 is 2.81 bits per heavy atom. The Labute approximate surface area is 184 Å². The Hall–Kier alpha value is -3.82. The van der Waals surface area contributed by atoms with Crippen molar-refractivity contribution in [2.24, 2.45) is 0 Å². The predicted octanol–water partition coefficient (Wildman–Crippen LogP) is 4.74. The highest BCUT2D eigenvalue weighted by molar-refractivity contribution is 6.33. The van der Waals surface area contributed by atoms with Crippen molar-refractivity contribution in [1.29, 1.82) is 5.26 Å². The highest BCUT2D eigenvalue weighted by Crippen LogP contribution is 2.29. The summed E-state index contributed by atoms with van der Waals surface area (Å²) in [6.45, 7) is 0.471. The number of H-pyrrole nitrogens is 1. The second-order valence-electron chi connectivity index (χ2n) is 6.98. The minimum atomic E-state index is -0.193. The van der Waals surface area contributed by atoms with Gasteiger partial charge in [-0.3, -0.25) is 4.79 Å². The van der Waals surface area contributed by atoms with Crippen LogP contribution in [0.1, 0.15) is 21.5 Å². The van der Waals surface area contributed by atoms with Gasteiger partial charge >= 0.3 is 0 Å². The monoisotopic (exact) mass is 430 g/mol. The second kappa shape index (κ2) is 8.90. The molecule has 2 heterocycles. The highest BCUT2D eigenvalue weighted by Gasteiger charge is 2.11. The lowest BCUT2D eigenvalue weighted by Gasteiger charge is -2.09. The van der Waals surface area contributed by atoms with Gasteiger partial charge in [-0.15, -0.1) is 0 Å². The molecule has 2 aromatic carbocycles. The molecule has 0 fully saturated rings. The van der Waals surface area contributed by atoms with Crippen LogP contribution in [-0.4, -0.2) is 29.5 Å². The number of carbonyl (C=O) groups is 1. The quantitative estimate of drug-likeness (QED) is 0.462. The van der Waals surface area contributed by atoms with E-state index in [-0.39, 0.29) is 5.91 Å². The zero-order valence-corrected chi connectivity index (χ0v) is 17.5. The van der Waals surface area contributed by atoms with Crippen molar-refractivity contribution in [2.75, 3.05) is 13.7 Å². The van der Waals surface area contributed by atoms with Crippen LogP contribution in [0.5, 0.6) is 5.88 Å². The molecule has 0 spiro atoms. The van der Waals surface area contributed by atoms with Crippen molar-refractivity contribution in [3.8, 4) is 23.1 Å². The molecule has 0 atom stereocenters. The van der Waals surface area contributed by atoms with Crippen molar-refractivity contribution in [1.82, 2.24) is 15.3 Å². The van der Waals surface area contributed by atoms with Crippen LogP contribution < -0.4 is 10.1 Å². The molecule has 7 heteroatoms. The van der Waals surface area contributed by atoms with Crippen LogP contribution in [0.3, 0.4) is 0 Å². The van der Waals surface area contributed by atoms with Crippen molar-refractivity contribution in [2.45, 2.75) is 6.42 Å². The number of fused-ring (bicyclic) bond motifs is 1. The molecule has 0 aliphatic carbocycles. The normalized spacial score (nSPS) is 10.6. The number of hydrogen-bond acceptors (Lipinski definition) is 4. The summed E-state index contributed by atoms with van der Waals surface area (Å²) in [5, 5.41) is 13.5. The molecule has 31 heavy (non-hydrogen) atoms. The molecule has 1 amide bonds. The first-order valence-corrected chi connectivity index (χ1v) is 10.0. The molecule has 2 N–H and O–H groups in total. The van der Waals surface area contributed by atoms with Crippen molar-refractivity contribution in [3.05, 3.63) is 82.6 Å². The number of benzene rings is 2. The fraction of sp³-hybridized carbons (Fsp3) is 0.125. The molecule has 154 valence electrons. The number of rotatable bonds is 6. The van der Waals surface area contributed by atoms with Crippen molar-refractivity contribution >= 4 is 28.4 Å². The Kier molecular flexibility index (Phi) is 5.87. The maximum absolute atomic E-state index is 12.5. The number of carbonyl (C=O) groups excluding carboxylic acids is 1. The van der Waals surface area contributed by atoms with E-state index in [0.717, 1.165) is 27.6 Å². The number of pyridine rings is 1. The van der Waals surface area contributed by atoms with E-state index in [1.807, 2.05) is 30.3 Å². The van der Waals surface area contributed by atoms with Gasteiger partial charge in [0, 0.05) is 57.6 Å². The van der Waals surface area contributed by atoms with Gasteiger partial charge in [0.15, 0.2) is 0 Å². The molecular formula is C24H19ClN4O2. The van der Waals surface area contributed by atoms with Crippen molar-refractivity contribution in [3.63, 3.8) is 0 Å². The predicted molar refractivity (Wildman–Crippen MR) is 120 cm³/mol. The molecule has 6 nitrogen and oxygen atoms in total. The minimum Gasteiger partial charge on any atom is -0.481 e. The number of nitriles is 1. The SMILES string of the molecule is COc1ccc(-c2ccc(C(=O)NCCc3ccc4[nH]cc(C#N)c4c3)cc2Cl)cn1. The molecule has 0 radical (unpaired) electrons. The van der Waals surface area contributed by atoms with E-state index < -0.39 is 0 Å². The van der Waals surface area contributed by atoms with Gasteiger partial charge in [0.1, 0.15) is 6.07 Å². The molecule has 4 aromatic rings. The van der Waals surface area contributed by atoms with E-state index in [9.17, 15) is 10.1 Å². The van der Waals surface area contributed by atoms with E-state index in [1.54, 1.807) is 37.7 Å². The van der Waals surface area contributed by atoms with E-state index in [1.165, 1.54) is 0 Å². The van der Waals surface area contributed by atoms with Crippen LogP contribution >= 0.6 is 11.6 Å². The van der Waals surface area contributed by atoms with Crippen LogP contribution in [-0.2, 0) is 6.42 Å². The lowest BCUT2D eigenvalue weighted by molar-refractivity contribution is 0.0954. The summed E-state index contributed by atoms with van der Waals surface area (Å²) >= 11 is 6.42. The number of halogens is 1. The van der Waals surface area contributed by atoms with Crippen LogP contribution in [0.15, 0.2) is 60.9 Å². The van der Waals surface area contributed by atoms with Gasteiger partial charge in [0.2, 0.25) is 5.88 Å². The van der Waals surface area contributed by atoms with Crippen LogP contribution in [0, 0.1) is 11.3 Å². The van der Waals surface area contributed by atoms with Gasteiger partial charge < -0.3 is 15.0 Å². The van der Waals surface area contributed by atoms with Crippen LogP contribution in [0.4, 0.5) is 0 Å². The summed E-state index contributed by atoms with van der Waals surface area (Å²) in [7, 11) is 1.56. The topological polar surface area (TPSA) is 90.8 Å². The zero-order chi connectivity index (χ0) is 21.8. The van der Waals surface area contributed by atoms with Gasteiger partial charge in [-0.1, -0.05) is 23.7 Å². The van der Waals surface area contributed by atoms with Gasteiger partial charge in [-0.05, 0) is 42.3 Å². The third kappa shape index (κ3) is 4.37. The molecule has 2 aromatic heterocycles. The lowest BCUT2D eigenvalue weighted by Crippen LogP contribution is -2.25. The zero-order valence-electron chi connectivity index (χ0n) is 16.8. The maximum atomic E-state index is 12.5. The fourth-order valence-corrected chi connectivity index (χ4v) is 3.68. The summed E-state index contributed by atoms with van der Waals surface area (Å²) in [6, 6.07) is 16.9. The summed E-state index contributed by atoms with van der Waals surface area (Å²) in [5.41, 5.74) is 4.71. The lowest BCUT2D eigenvalue weighted by atomic mass is 10.0. The molecular weight excluding hydrogens is 412 g/mol. The van der Waals surface area contributed by atoms with Gasteiger partial charge in [0.25, 0.3) is 5.91 Å². The number of amides is 1. The smallest absolute Gasteiger partial charge is 0.251 e. The van der Waals surface area contributed by atoms with Crippen molar-refractivity contribution < 1.29 is 9.53 Å².